The molecule has 6 atom stereocenters. The summed E-state index contributed by atoms with van der Waals surface area (Å²) >= 11 is 0. The number of rotatable bonds is 3. The first-order valence-electron chi connectivity index (χ1n) is 7.31. The molecule has 0 aromatic carbocycles. The van der Waals surface area contributed by atoms with Crippen molar-refractivity contribution in [3.63, 3.8) is 0 Å². The minimum atomic E-state index is 0.373. The van der Waals surface area contributed by atoms with Gasteiger partial charge in [-0.05, 0) is 60.2 Å². The first kappa shape index (κ1) is 11.7. The highest BCUT2D eigenvalue weighted by molar-refractivity contribution is 5.75. The third-order valence-corrected chi connectivity index (χ3v) is 6.61. The Bertz CT molecular complexity index is 370. The summed E-state index contributed by atoms with van der Waals surface area (Å²) in [4.78, 5) is 11.4. The van der Waals surface area contributed by atoms with Crippen molar-refractivity contribution in [1.29, 1.82) is 0 Å². The first-order valence-corrected chi connectivity index (χ1v) is 7.31. The zero-order valence-electron chi connectivity index (χ0n) is 11.9. The van der Waals surface area contributed by atoms with Crippen molar-refractivity contribution in [2.75, 3.05) is 0 Å². The second kappa shape index (κ2) is 3.16. The van der Waals surface area contributed by atoms with Gasteiger partial charge >= 0.3 is 0 Å². The van der Waals surface area contributed by atoms with Gasteiger partial charge in [0, 0.05) is 6.42 Å². The van der Waals surface area contributed by atoms with E-state index in [1.165, 1.54) is 12.8 Å². The van der Waals surface area contributed by atoms with E-state index in [0.29, 0.717) is 22.5 Å². The van der Waals surface area contributed by atoms with Gasteiger partial charge in [-0.15, -0.1) is 0 Å². The fraction of sp³-hybridized carbons (Fsp3) is 0.938. The van der Waals surface area contributed by atoms with Gasteiger partial charge < -0.3 is 4.79 Å². The Labute approximate surface area is 105 Å². The van der Waals surface area contributed by atoms with Gasteiger partial charge in [0.05, 0.1) is 0 Å². The minimum Gasteiger partial charge on any atom is -0.300 e. The predicted molar refractivity (Wildman–Crippen MR) is 69.5 cm³/mol. The van der Waals surface area contributed by atoms with Crippen LogP contribution in [0.1, 0.15) is 53.9 Å². The number of hydrogen-bond acceptors (Lipinski definition) is 1. The molecule has 1 nitrogen and oxygen atoms in total. The molecule has 1 spiro atoms. The second-order valence-corrected chi connectivity index (χ2v) is 7.85. The predicted octanol–water partition coefficient (Wildman–Crippen LogP) is 3.92. The molecule has 0 aromatic heterocycles. The zero-order chi connectivity index (χ0) is 12.6. The largest absolute Gasteiger partial charge is 0.300 e. The fourth-order valence-corrected chi connectivity index (χ4v) is 5.57. The van der Waals surface area contributed by atoms with Gasteiger partial charge in [0.1, 0.15) is 5.78 Å². The van der Waals surface area contributed by atoms with Crippen LogP contribution in [0.3, 0.4) is 0 Å². The molecule has 0 amide bonds. The standard InChI is InChI=1S/C16H26O/c1-9(6-11(3)17)14-15(4,5)10(2)7-12-13-8-16(12,13)14/h9-10,12-14H,6-8H2,1-5H3. The summed E-state index contributed by atoms with van der Waals surface area (Å²) in [6.07, 6.45) is 3.71. The maximum absolute atomic E-state index is 11.4. The summed E-state index contributed by atoms with van der Waals surface area (Å²) < 4.78 is 0. The molecule has 0 bridgehead atoms. The van der Waals surface area contributed by atoms with Crippen LogP contribution in [-0.2, 0) is 4.79 Å². The molecule has 3 aliphatic carbocycles. The topological polar surface area (TPSA) is 17.1 Å². The van der Waals surface area contributed by atoms with Crippen LogP contribution in [0, 0.1) is 40.4 Å². The normalized spacial score (nSPS) is 51.1. The highest BCUT2D eigenvalue weighted by Gasteiger charge is 2.84. The number of carbonyl (C=O) groups is 1. The summed E-state index contributed by atoms with van der Waals surface area (Å²) in [5.41, 5.74) is 1.13. The van der Waals surface area contributed by atoms with Crippen molar-refractivity contribution >= 4 is 5.78 Å². The highest BCUT2D eigenvalue weighted by atomic mass is 16.1. The lowest BCUT2D eigenvalue weighted by Gasteiger charge is -2.49. The Kier molecular flexibility index (Phi) is 2.18. The monoisotopic (exact) mass is 234 g/mol. The molecule has 3 aliphatic rings. The Morgan fingerprint density at radius 2 is 2.00 bits per heavy atom. The Balaban J connectivity index is 1.86. The Hall–Kier alpha value is -0.330. The van der Waals surface area contributed by atoms with E-state index < -0.39 is 0 Å². The average molecular weight is 234 g/mol. The molecule has 96 valence electrons. The molecule has 17 heavy (non-hydrogen) atoms. The Morgan fingerprint density at radius 1 is 1.35 bits per heavy atom. The van der Waals surface area contributed by atoms with Crippen LogP contribution in [0.25, 0.3) is 0 Å². The van der Waals surface area contributed by atoms with E-state index in [-0.39, 0.29) is 0 Å². The summed E-state index contributed by atoms with van der Waals surface area (Å²) in [6, 6.07) is 0. The lowest BCUT2D eigenvalue weighted by atomic mass is 9.55. The van der Waals surface area contributed by atoms with E-state index in [9.17, 15) is 4.79 Å². The molecule has 0 radical (unpaired) electrons. The molecule has 3 saturated carbocycles. The summed E-state index contributed by atoms with van der Waals surface area (Å²) in [6.45, 7) is 11.4. The van der Waals surface area contributed by atoms with Gasteiger partial charge in [0.25, 0.3) is 0 Å². The van der Waals surface area contributed by atoms with Gasteiger partial charge in [0.15, 0.2) is 0 Å². The maximum atomic E-state index is 11.4. The van der Waals surface area contributed by atoms with Crippen molar-refractivity contribution in [2.45, 2.75) is 53.9 Å². The van der Waals surface area contributed by atoms with E-state index in [1.54, 1.807) is 6.92 Å². The van der Waals surface area contributed by atoms with Crippen LogP contribution in [0.2, 0.25) is 0 Å². The summed E-state index contributed by atoms with van der Waals surface area (Å²) in [5, 5.41) is 0. The quantitative estimate of drug-likeness (QED) is 0.723. The lowest BCUT2D eigenvalue weighted by Crippen LogP contribution is -2.44. The molecule has 6 unspecified atom stereocenters. The lowest BCUT2D eigenvalue weighted by molar-refractivity contribution is -0.119. The molecule has 3 rings (SSSR count). The van der Waals surface area contributed by atoms with E-state index >= 15 is 0 Å². The van der Waals surface area contributed by atoms with Crippen molar-refractivity contribution in [1.82, 2.24) is 0 Å². The van der Waals surface area contributed by atoms with Crippen molar-refractivity contribution in [2.24, 2.45) is 40.4 Å². The Morgan fingerprint density at radius 3 is 2.53 bits per heavy atom. The molecular weight excluding hydrogens is 208 g/mol. The molecule has 3 fully saturated rings. The van der Waals surface area contributed by atoms with Gasteiger partial charge in [-0.3, -0.25) is 0 Å². The first-order chi connectivity index (χ1) is 7.81. The van der Waals surface area contributed by atoms with Gasteiger partial charge in [0.2, 0.25) is 0 Å². The molecule has 1 heteroatoms. The van der Waals surface area contributed by atoms with Crippen LogP contribution < -0.4 is 0 Å². The van der Waals surface area contributed by atoms with E-state index in [0.717, 1.165) is 30.1 Å². The third-order valence-electron chi connectivity index (χ3n) is 6.61. The number of ketones is 1. The fourth-order valence-electron chi connectivity index (χ4n) is 5.57. The van der Waals surface area contributed by atoms with Crippen LogP contribution >= 0.6 is 0 Å². The SMILES string of the molecule is CC(=O)CC(C)C1C(C)(C)C(C)CC2C3CC231. The van der Waals surface area contributed by atoms with Gasteiger partial charge in [-0.1, -0.05) is 27.7 Å². The minimum absolute atomic E-state index is 0.373. The van der Waals surface area contributed by atoms with Gasteiger partial charge in [-0.2, -0.15) is 0 Å². The van der Waals surface area contributed by atoms with Crippen molar-refractivity contribution < 1.29 is 4.79 Å². The molecule has 0 aliphatic heterocycles. The average Bonchev–Trinajstić information content (AvgIpc) is 2.99. The number of Topliss-reactive ketones (excluding diaryl/α,β-unsaturated/α-hetero) is 1. The van der Waals surface area contributed by atoms with Gasteiger partial charge in [-0.25, -0.2) is 0 Å². The smallest absolute Gasteiger partial charge is 0.130 e. The van der Waals surface area contributed by atoms with Crippen LogP contribution in [0.5, 0.6) is 0 Å². The molecule has 0 heterocycles. The van der Waals surface area contributed by atoms with Crippen molar-refractivity contribution in [3.05, 3.63) is 0 Å². The number of hydrogen-bond donors (Lipinski definition) is 0. The van der Waals surface area contributed by atoms with E-state index in [4.69, 9.17) is 0 Å². The molecule has 0 N–H and O–H groups in total. The summed E-state index contributed by atoms with van der Waals surface area (Å²) in [5.74, 6) is 4.65. The molecule has 0 aromatic rings. The third kappa shape index (κ3) is 1.34. The number of carbonyl (C=O) groups excluding carboxylic acids is 1. The van der Waals surface area contributed by atoms with E-state index in [2.05, 4.69) is 27.7 Å². The maximum Gasteiger partial charge on any atom is 0.130 e. The zero-order valence-corrected chi connectivity index (χ0v) is 11.9. The van der Waals surface area contributed by atoms with Crippen LogP contribution in [-0.4, -0.2) is 5.78 Å². The molecule has 0 saturated heterocycles. The van der Waals surface area contributed by atoms with Crippen LogP contribution in [0.4, 0.5) is 0 Å². The molecular formula is C16H26O. The van der Waals surface area contributed by atoms with Crippen LogP contribution in [0.15, 0.2) is 0 Å². The second-order valence-electron chi connectivity index (χ2n) is 7.85. The van der Waals surface area contributed by atoms with E-state index in [1.807, 2.05) is 0 Å². The van der Waals surface area contributed by atoms with Crippen molar-refractivity contribution in [3.8, 4) is 0 Å². The number of fused-ring (bicyclic) bond motifs is 1. The highest BCUT2D eigenvalue weighted by Crippen LogP contribution is 2.90. The summed E-state index contributed by atoms with van der Waals surface area (Å²) in [7, 11) is 0.